The molecule has 5 fully saturated rings. The highest BCUT2D eigenvalue weighted by atomic mass is 35.5. The first-order valence-electron chi connectivity index (χ1n) is 17.5. The standard InChI is InChI=1S/C37H37ClN8O5/c38-30-15-28(5-2-22(30)16-39)51-27-6-3-24(4-7-27)40-35(48)31-9-11-33(43-42-31)44-19-25-14-26(20-44)45(25)17-21-1-8-29-23(13-21)18-46(37(29)50)32-10-12-34(47)41-36(32)49/h1-2,5,8-9,11,13,15,24-27,32H,3-4,6-7,10,12,14,17-20H2,(H,40,48)(H,41,47,49). The number of carbonyl (C=O) groups excluding carboxylic acids is 4. The lowest BCUT2D eigenvalue weighted by molar-refractivity contribution is -0.136. The fraction of sp³-hybridized carbons (Fsp3) is 0.432. The molecule has 3 atom stereocenters. The molecule has 4 saturated heterocycles. The number of aromatic nitrogens is 2. The van der Waals surface area contributed by atoms with Gasteiger partial charge in [-0.1, -0.05) is 23.7 Å². The fourth-order valence-corrected chi connectivity index (χ4v) is 8.33. The fourth-order valence-electron chi connectivity index (χ4n) is 8.12. The Morgan fingerprint density at radius 1 is 1.00 bits per heavy atom. The number of rotatable bonds is 8. The third-order valence-corrected chi connectivity index (χ3v) is 11.2. The van der Waals surface area contributed by atoms with Crippen LogP contribution in [0.1, 0.15) is 82.5 Å². The van der Waals surface area contributed by atoms with Gasteiger partial charge in [-0.25, -0.2) is 0 Å². The molecule has 2 bridgehead atoms. The van der Waals surface area contributed by atoms with Crippen molar-refractivity contribution in [3.05, 3.63) is 81.5 Å². The molecular formula is C37H37ClN8O5. The molecule has 0 radical (unpaired) electrons. The Morgan fingerprint density at radius 3 is 2.51 bits per heavy atom. The van der Waals surface area contributed by atoms with E-state index in [1.165, 1.54) is 0 Å². The van der Waals surface area contributed by atoms with E-state index in [0.29, 0.717) is 52.6 Å². The SMILES string of the molecule is N#Cc1ccc(OC2CCC(NC(=O)c3ccc(N4CC5CC(C4)N5Cc4ccc5c(c4)CN(C4CCC(=O)NC4=O)C5=O)nn3)CC2)cc1Cl. The molecule has 14 heteroatoms. The molecule has 3 unspecified atom stereocenters. The van der Waals surface area contributed by atoms with Crippen molar-refractivity contribution < 1.29 is 23.9 Å². The van der Waals surface area contributed by atoms with Crippen LogP contribution in [0.2, 0.25) is 5.02 Å². The van der Waals surface area contributed by atoms with Gasteiger partial charge in [-0.3, -0.25) is 29.4 Å². The number of anilines is 1. The number of nitrogens with zero attached hydrogens (tertiary/aromatic N) is 6. The summed E-state index contributed by atoms with van der Waals surface area (Å²) < 4.78 is 6.07. The van der Waals surface area contributed by atoms with Crippen molar-refractivity contribution in [1.82, 2.24) is 30.6 Å². The van der Waals surface area contributed by atoms with Gasteiger partial charge in [0, 0.05) is 62.4 Å². The average Bonchev–Trinajstić information content (AvgIpc) is 3.46. The molecule has 3 aromatic rings. The van der Waals surface area contributed by atoms with E-state index in [2.05, 4.69) is 36.7 Å². The predicted molar refractivity (Wildman–Crippen MR) is 185 cm³/mol. The van der Waals surface area contributed by atoms with Crippen molar-refractivity contribution >= 4 is 41.0 Å². The van der Waals surface area contributed by atoms with Crippen molar-refractivity contribution in [3.63, 3.8) is 0 Å². The number of nitriles is 1. The molecule has 5 aliphatic heterocycles. The van der Waals surface area contributed by atoms with E-state index in [0.717, 1.165) is 68.7 Å². The topological polar surface area (TPSA) is 161 Å². The summed E-state index contributed by atoms with van der Waals surface area (Å²) in [5.41, 5.74) is 3.37. The van der Waals surface area contributed by atoms with Gasteiger partial charge in [-0.2, -0.15) is 5.26 Å². The minimum atomic E-state index is -0.618. The molecule has 6 aliphatic rings. The van der Waals surface area contributed by atoms with Crippen LogP contribution in [0, 0.1) is 11.3 Å². The molecule has 9 rings (SSSR count). The van der Waals surface area contributed by atoms with E-state index in [1.54, 1.807) is 29.2 Å². The number of fused-ring (bicyclic) bond motifs is 3. The minimum absolute atomic E-state index is 0.0183. The van der Waals surface area contributed by atoms with Crippen molar-refractivity contribution in [2.24, 2.45) is 0 Å². The van der Waals surface area contributed by atoms with Gasteiger partial charge in [0.15, 0.2) is 11.5 Å². The molecule has 0 spiro atoms. The summed E-state index contributed by atoms with van der Waals surface area (Å²) in [6.07, 6.45) is 4.85. The number of nitrogens with one attached hydrogen (secondary N) is 2. The van der Waals surface area contributed by atoms with Gasteiger partial charge in [0.2, 0.25) is 11.8 Å². The summed E-state index contributed by atoms with van der Waals surface area (Å²) in [5, 5.41) is 23.6. The summed E-state index contributed by atoms with van der Waals surface area (Å²) in [6, 6.07) is 16.8. The van der Waals surface area contributed by atoms with Crippen LogP contribution in [0.3, 0.4) is 0 Å². The number of piperidine rings is 2. The lowest BCUT2D eigenvalue weighted by Gasteiger charge is -2.56. The van der Waals surface area contributed by atoms with Crippen LogP contribution in [0.5, 0.6) is 5.75 Å². The van der Waals surface area contributed by atoms with Gasteiger partial charge in [-0.05, 0) is 80.0 Å². The Labute approximate surface area is 299 Å². The van der Waals surface area contributed by atoms with E-state index in [-0.39, 0.29) is 36.3 Å². The molecule has 2 aromatic carbocycles. The first kappa shape index (κ1) is 33.1. The Kier molecular flexibility index (Phi) is 8.81. The maximum atomic E-state index is 13.1. The lowest BCUT2D eigenvalue weighted by Crippen LogP contribution is -2.68. The monoisotopic (exact) mass is 708 g/mol. The second-order valence-electron chi connectivity index (χ2n) is 14.1. The van der Waals surface area contributed by atoms with Gasteiger partial charge >= 0.3 is 0 Å². The Hall–Kier alpha value is -5.06. The van der Waals surface area contributed by atoms with E-state index < -0.39 is 11.9 Å². The average molecular weight is 709 g/mol. The van der Waals surface area contributed by atoms with Crippen molar-refractivity contribution in [2.45, 2.75) is 88.3 Å². The van der Waals surface area contributed by atoms with Crippen LogP contribution in [-0.4, -0.2) is 87.0 Å². The van der Waals surface area contributed by atoms with Crippen LogP contribution in [0.25, 0.3) is 0 Å². The third kappa shape index (κ3) is 6.61. The maximum Gasteiger partial charge on any atom is 0.272 e. The zero-order chi connectivity index (χ0) is 35.2. The predicted octanol–water partition coefficient (Wildman–Crippen LogP) is 3.35. The molecule has 1 aliphatic carbocycles. The van der Waals surface area contributed by atoms with Crippen molar-refractivity contribution in [1.29, 1.82) is 5.26 Å². The van der Waals surface area contributed by atoms with E-state index >= 15 is 0 Å². The molecule has 4 amide bonds. The summed E-state index contributed by atoms with van der Waals surface area (Å²) in [7, 11) is 0. The van der Waals surface area contributed by atoms with E-state index in [4.69, 9.17) is 21.6 Å². The van der Waals surface area contributed by atoms with Gasteiger partial charge < -0.3 is 19.9 Å². The molecule has 1 aromatic heterocycles. The molecule has 6 heterocycles. The summed E-state index contributed by atoms with van der Waals surface area (Å²) >= 11 is 6.14. The van der Waals surface area contributed by atoms with Crippen LogP contribution in [-0.2, 0) is 22.7 Å². The number of ether oxygens (including phenoxy) is 1. The smallest absolute Gasteiger partial charge is 0.272 e. The Morgan fingerprint density at radius 2 is 1.80 bits per heavy atom. The maximum absolute atomic E-state index is 13.1. The first-order valence-corrected chi connectivity index (χ1v) is 17.9. The lowest BCUT2D eigenvalue weighted by atomic mass is 9.86. The van der Waals surface area contributed by atoms with E-state index in [9.17, 15) is 19.2 Å². The van der Waals surface area contributed by atoms with Gasteiger partial charge in [0.05, 0.1) is 16.7 Å². The number of amides is 4. The minimum Gasteiger partial charge on any atom is -0.490 e. The van der Waals surface area contributed by atoms with Gasteiger partial charge in [-0.15, -0.1) is 10.2 Å². The number of imide groups is 1. The molecule has 262 valence electrons. The van der Waals surface area contributed by atoms with Crippen molar-refractivity contribution in [3.8, 4) is 11.8 Å². The summed E-state index contributed by atoms with van der Waals surface area (Å²) in [6.45, 7) is 2.76. The van der Waals surface area contributed by atoms with Crippen LogP contribution in [0.4, 0.5) is 5.82 Å². The molecular weight excluding hydrogens is 672 g/mol. The number of hydrogen-bond donors (Lipinski definition) is 2. The zero-order valence-electron chi connectivity index (χ0n) is 27.9. The van der Waals surface area contributed by atoms with Gasteiger partial charge in [0.1, 0.15) is 17.9 Å². The zero-order valence-corrected chi connectivity index (χ0v) is 28.6. The van der Waals surface area contributed by atoms with E-state index in [1.807, 2.05) is 24.3 Å². The summed E-state index contributed by atoms with van der Waals surface area (Å²) in [4.78, 5) is 56.4. The highest BCUT2D eigenvalue weighted by Crippen LogP contribution is 2.36. The normalized spacial score (nSPS) is 25.8. The second kappa shape index (κ2) is 13.6. The van der Waals surface area contributed by atoms with Crippen LogP contribution in [0.15, 0.2) is 48.5 Å². The number of hydrogen-bond acceptors (Lipinski definition) is 10. The third-order valence-electron chi connectivity index (χ3n) is 10.9. The number of carbonyl (C=O) groups is 4. The molecule has 1 saturated carbocycles. The first-order chi connectivity index (χ1) is 24.7. The number of halogens is 1. The quantitative estimate of drug-likeness (QED) is 0.332. The molecule has 13 nitrogen and oxygen atoms in total. The van der Waals surface area contributed by atoms with Gasteiger partial charge in [0.25, 0.3) is 11.8 Å². The van der Waals surface area contributed by atoms with Crippen LogP contribution < -0.4 is 20.3 Å². The highest BCUT2D eigenvalue weighted by molar-refractivity contribution is 6.31. The van der Waals surface area contributed by atoms with Crippen molar-refractivity contribution in [2.75, 3.05) is 18.0 Å². The molecule has 2 N–H and O–H groups in total. The Bertz CT molecular complexity index is 1930. The largest absolute Gasteiger partial charge is 0.490 e. The summed E-state index contributed by atoms with van der Waals surface area (Å²) in [5.74, 6) is 0.307. The Balaban J connectivity index is 0.805. The number of piperazine rings is 1. The molecule has 51 heavy (non-hydrogen) atoms. The van der Waals surface area contributed by atoms with Crippen LogP contribution >= 0.6 is 11.6 Å². The second-order valence-corrected chi connectivity index (χ2v) is 14.5. The highest BCUT2D eigenvalue weighted by Gasteiger charge is 2.45. The number of benzene rings is 2.